The summed E-state index contributed by atoms with van der Waals surface area (Å²) in [4.78, 5) is 37.6. The second-order valence-electron chi connectivity index (χ2n) is 6.09. The highest BCUT2D eigenvalue weighted by Crippen LogP contribution is 2.40. The van der Waals surface area contributed by atoms with E-state index in [1.165, 1.54) is 4.90 Å². The van der Waals surface area contributed by atoms with Crippen LogP contribution in [0.4, 0.5) is 0 Å². The van der Waals surface area contributed by atoms with Gasteiger partial charge in [-0.05, 0) is 18.9 Å². The van der Waals surface area contributed by atoms with Crippen molar-refractivity contribution in [2.75, 3.05) is 20.6 Å². The first-order valence-electron chi connectivity index (χ1n) is 7.76. The molecule has 1 fully saturated rings. The fourth-order valence-corrected chi connectivity index (χ4v) is 3.24. The first kappa shape index (κ1) is 16.1. The Morgan fingerprint density at radius 2 is 2.08 bits per heavy atom. The molecule has 0 bridgehead atoms. The van der Waals surface area contributed by atoms with Gasteiger partial charge in [0.05, 0.1) is 11.9 Å². The number of carbonyl (C=O) groups is 2. The highest BCUT2D eigenvalue weighted by Gasteiger charge is 2.53. The molecule has 8 heteroatoms. The SMILES string of the molecule is CN(C)C(=O)C1(c2cnccn2)CCCN1C(=O)c1ccn(C)n1. The standard InChI is InChI=1S/C16H20N6O2/c1-20(2)15(24)16(13-11-17-7-8-18-13)6-4-9-22(16)14(23)12-5-10-21(3)19-12/h5,7-8,10-11H,4,6,9H2,1-3H3. The molecule has 1 saturated heterocycles. The first-order chi connectivity index (χ1) is 11.5. The summed E-state index contributed by atoms with van der Waals surface area (Å²) in [6, 6.07) is 1.65. The van der Waals surface area contributed by atoms with E-state index in [1.54, 1.807) is 61.6 Å². The Morgan fingerprint density at radius 1 is 1.29 bits per heavy atom. The minimum atomic E-state index is -1.13. The van der Waals surface area contributed by atoms with Crippen LogP contribution >= 0.6 is 0 Å². The van der Waals surface area contributed by atoms with Crippen molar-refractivity contribution >= 4 is 11.8 Å². The normalized spacial score (nSPS) is 20.2. The second kappa shape index (κ2) is 6.03. The average molecular weight is 328 g/mol. The van der Waals surface area contributed by atoms with E-state index in [4.69, 9.17) is 0 Å². The van der Waals surface area contributed by atoms with Crippen molar-refractivity contribution < 1.29 is 9.59 Å². The molecule has 0 aromatic carbocycles. The molecule has 24 heavy (non-hydrogen) atoms. The minimum Gasteiger partial charge on any atom is -0.346 e. The Morgan fingerprint density at radius 3 is 2.67 bits per heavy atom. The number of amides is 2. The maximum atomic E-state index is 13.1. The van der Waals surface area contributed by atoms with E-state index in [1.807, 2.05) is 0 Å². The maximum Gasteiger partial charge on any atom is 0.275 e. The van der Waals surface area contributed by atoms with Crippen LogP contribution in [0.3, 0.4) is 0 Å². The van der Waals surface area contributed by atoms with Crippen LogP contribution in [-0.2, 0) is 17.4 Å². The molecule has 2 aromatic heterocycles. The molecule has 3 heterocycles. The third-order valence-electron chi connectivity index (χ3n) is 4.31. The summed E-state index contributed by atoms with van der Waals surface area (Å²) in [6.45, 7) is 0.478. The smallest absolute Gasteiger partial charge is 0.275 e. The molecular formula is C16H20N6O2. The van der Waals surface area contributed by atoms with Crippen LogP contribution in [0.5, 0.6) is 0 Å². The number of rotatable bonds is 3. The van der Waals surface area contributed by atoms with Gasteiger partial charge in [0, 0.05) is 46.3 Å². The number of aromatic nitrogens is 4. The summed E-state index contributed by atoms with van der Waals surface area (Å²) in [7, 11) is 5.12. The molecule has 126 valence electrons. The number of hydrogen-bond acceptors (Lipinski definition) is 5. The van der Waals surface area contributed by atoms with Crippen molar-refractivity contribution in [3.63, 3.8) is 0 Å². The van der Waals surface area contributed by atoms with Crippen LogP contribution < -0.4 is 0 Å². The zero-order chi connectivity index (χ0) is 17.3. The van der Waals surface area contributed by atoms with E-state index in [0.717, 1.165) is 0 Å². The molecule has 0 radical (unpaired) electrons. The van der Waals surface area contributed by atoms with Crippen molar-refractivity contribution in [3.8, 4) is 0 Å². The van der Waals surface area contributed by atoms with Crippen molar-refractivity contribution in [1.29, 1.82) is 0 Å². The molecule has 0 spiro atoms. The van der Waals surface area contributed by atoms with Gasteiger partial charge < -0.3 is 9.80 Å². The van der Waals surface area contributed by atoms with Gasteiger partial charge in [-0.2, -0.15) is 5.10 Å². The lowest BCUT2D eigenvalue weighted by atomic mass is 9.90. The van der Waals surface area contributed by atoms with E-state index in [-0.39, 0.29) is 11.8 Å². The lowest BCUT2D eigenvalue weighted by Gasteiger charge is -2.37. The Labute approximate surface area is 140 Å². The van der Waals surface area contributed by atoms with Gasteiger partial charge >= 0.3 is 0 Å². The predicted molar refractivity (Wildman–Crippen MR) is 85.9 cm³/mol. The first-order valence-corrected chi connectivity index (χ1v) is 7.76. The Hall–Kier alpha value is -2.77. The van der Waals surface area contributed by atoms with Gasteiger partial charge in [0.15, 0.2) is 5.54 Å². The molecule has 1 aliphatic heterocycles. The van der Waals surface area contributed by atoms with E-state index in [9.17, 15) is 9.59 Å². The molecule has 0 saturated carbocycles. The molecule has 3 rings (SSSR count). The Balaban J connectivity index is 2.10. The van der Waals surface area contributed by atoms with Gasteiger partial charge in [0.2, 0.25) is 0 Å². The number of likely N-dealkylation sites (N-methyl/N-ethyl adjacent to an activating group) is 1. The van der Waals surface area contributed by atoms with Crippen molar-refractivity contribution in [2.45, 2.75) is 18.4 Å². The van der Waals surface area contributed by atoms with Gasteiger partial charge in [0.25, 0.3) is 11.8 Å². The number of carbonyl (C=O) groups excluding carboxylic acids is 2. The van der Waals surface area contributed by atoms with Crippen molar-refractivity contribution in [2.24, 2.45) is 7.05 Å². The van der Waals surface area contributed by atoms with Crippen molar-refractivity contribution in [3.05, 3.63) is 42.2 Å². The third-order valence-corrected chi connectivity index (χ3v) is 4.31. The number of aryl methyl sites for hydroxylation is 1. The summed E-state index contributed by atoms with van der Waals surface area (Å²) >= 11 is 0. The quantitative estimate of drug-likeness (QED) is 0.816. The fraction of sp³-hybridized carbons (Fsp3) is 0.438. The van der Waals surface area contributed by atoms with Gasteiger partial charge in [-0.1, -0.05) is 0 Å². The summed E-state index contributed by atoms with van der Waals surface area (Å²) in [5, 5.41) is 4.18. The monoisotopic (exact) mass is 328 g/mol. The van der Waals surface area contributed by atoms with E-state index in [2.05, 4.69) is 15.1 Å². The molecule has 1 atom stereocenters. The second-order valence-corrected chi connectivity index (χ2v) is 6.09. The number of nitrogens with zero attached hydrogens (tertiary/aromatic N) is 6. The number of hydrogen-bond donors (Lipinski definition) is 0. The Kier molecular flexibility index (Phi) is 4.04. The zero-order valence-corrected chi connectivity index (χ0v) is 14.0. The molecule has 0 N–H and O–H groups in total. The van der Waals surface area contributed by atoms with E-state index >= 15 is 0 Å². The minimum absolute atomic E-state index is 0.176. The molecule has 1 unspecified atom stereocenters. The van der Waals surface area contributed by atoms with Gasteiger partial charge in [-0.3, -0.25) is 24.2 Å². The van der Waals surface area contributed by atoms with Crippen LogP contribution in [0.25, 0.3) is 0 Å². The van der Waals surface area contributed by atoms with Gasteiger partial charge in [-0.25, -0.2) is 0 Å². The molecule has 2 amide bonds. The molecule has 1 aliphatic rings. The summed E-state index contributed by atoms with van der Waals surface area (Å²) in [5.41, 5.74) is -0.323. The summed E-state index contributed by atoms with van der Waals surface area (Å²) in [6.07, 6.45) is 7.60. The van der Waals surface area contributed by atoms with Crippen LogP contribution in [0, 0.1) is 0 Å². The lowest BCUT2D eigenvalue weighted by Crippen LogP contribution is -2.55. The van der Waals surface area contributed by atoms with Gasteiger partial charge in [-0.15, -0.1) is 0 Å². The number of likely N-dealkylation sites (tertiary alicyclic amines) is 1. The highest BCUT2D eigenvalue weighted by atomic mass is 16.2. The highest BCUT2D eigenvalue weighted by molar-refractivity contribution is 5.98. The predicted octanol–water partition coefficient (Wildman–Crippen LogP) is 0.430. The van der Waals surface area contributed by atoms with Crippen LogP contribution in [0.2, 0.25) is 0 Å². The topological polar surface area (TPSA) is 84.2 Å². The summed E-state index contributed by atoms with van der Waals surface area (Å²) < 4.78 is 1.57. The van der Waals surface area contributed by atoms with Gasteiger partial charge in [0.1, 0.15) is 5.69 Å². The largest absolute Gasteiger partial charge is 0.346 e. The molecular weight excluding hydrogens is 308 g/mol. The van der Waals surface area contributed by atoms with Crippen LogP contribution in [0.15, 0.2) is 30.9 Å². The van der Waals surface area contributed by atoms with Crippen LogP contribution in [-0.4, -0.2) is 62.0 Å². The average Bonchev–Trinajstić information content (AvgIpc) is 3.21. The maximum absolute atomic E-state index is 13.1. The van der Waals surface area contributed by atoms with E-state index < -0.39 is 5.54 Å². The third kappa shape index (κ3) is 2.44. The van der Waals surface area contributed by atoms with Crippen molar-refractivity contribution in [1.82, 2.24) is 29.5 Å². The Bertz CT molecular complexity index is 757. The van der Waals surface area contributed by atoms with E-state index in [0.29, 0.717) is 30.8 Å². The fourth-order valence-electron chi connectivity index (χ4n) is 3.24. The molecule has 0 aliphatic carbocycles. The lowest BCUT2D eigenvalue weighted by molar-refractivity contribution is -0.140. The summed E-state index contributed by atoms with van der Waals surface area (Å²) in [5.74, 6) is -0.446. The molecule has 2 aromatic rings. The molecule has 8 nitrogen and oxygen atoms in total. The van der Waals surface area contributed by atoms with Crippen LogP contribution in [0.1, 0.15) is 29.0 Å². The zero-order valence-electron chi connectivity index (χ0n) is 14.0.